The van der Waals surface area contributed by atoms with Crippen LogP contribution in [0.1, 0.15) is 284 Å². The number of ether oxygens (including phenoxy) is 3. The predicted molar refractivity (Wildman–Crippen MR) is 348 cm³/mol. The summed E-state index contributed by atoms with van der Waals surface area (Å²) < 4.78 is 16.9. The maximum Gasteiger partial charge on any atom is 0.306 e. The standard InChI is InChI=1S/C74H120O6/c1-4-7-10-13-16-19-22-25-28-31-33-34-35-36-37-38-39-40-42-43-46-49-52-55-58-61-64-67-73(76)79-70-71(69-78-72(75)66-63-60-57-54-51-48-45-30-27-24-21-18-15-12-9-6-3)80-74(77)68-65-62-59-56-53-50-47-44-41-32-29-26-23-20-17-14-11-8-5-2/h7-8,10-11,16-17,19-20,25-26,28-30,33-34,36-37,41,44-45,50,53,59,62,71H,4-6,9,12-15,18,21-24,27,31-32,35,38-40,42-43,46-49,51-52,54-58,60-61,63-70H2,1-3H3/b10-7-,11-8-,19-16-,20-17-,28-25-,29-26-,34-33-,37-36-,44-41-,45-30-,53-50-,62-59-. The highest BCUT2D eigenvalue weighted by Crippen LogP contribution is 2.15. The van der Waals surface area contributed by atoms with Crippen molar-refractivity contribution in [1.82, 2.24) is 0 Å². The number of allylic oxidation sites excluding steroid dienone is 24. The number of carbonyl (C=O) groups excluding carboxylic acids is 3. The normalized spacial score (nSPS) is 13.1. The molecule has 0 N–H and O–H groups in total. The van der Waals surface area contributed by atoms with Gasteiger partial charge in [0, 0.05) is 19.3 Å². The zero-order valence-electron chi connectivity index (χ0n) is 51.8. The van der Waals surface area contributed by atoms with Gasteiger partial charge in [0.15, 0.2) is 6.10 Å². The van der Waals surface area contributed by atoms with Crippen molar-refractivity contribution in [3.05, 3.63) is 146 Å². The summed E-state index contributed by atoms with van der Waals surface area (Å²) in [4.78, 5) is 38.3. The van der Waals surface area contributed by atoms with Crippen LogP contribution in [0, 0.1) is 0 Å². The van der Waals surface area contributed by atoms with E-state index in [0.717, 1.165) is 122 Å². The monoisotopic (exact) mass is 1100 g/mol. The second-order valence-corrected chi connectivity index (χ2v) is 21.3. The molecule has 0 aliphatic heterocycles. The molecule has 0 amide bonds. The second kappa shape index (κ2) is 66.8. The molecular weight excluding hydrogens is 985 g/mol. The topological polar surface area (TPSA) is 78.9 Å². The van der Waals surface area contributed by atoms with Crippen LogP contribution in [0.2, 0.25) is 0 Å². The van der Waals surface area contributed by atoms with E-state index in [2.05, 4.69) is 161 Å². The van der Waals surface area contributed by atoms with Gasteiger partial charge in [0.05, 0.1) is 0 Å². The van der Waals surface area contributed by atoms with Gasteiger partial charge in [0.25, 0.3) is 0 Å². The van der Waals surface area contributed by atoms with Crippen LogP contribution < -0.4 is 0 Å². The summed E-state index contributed by atoms with van der Waals surface area (Å²) in [5, 5.41) is 0. The lowest BCUT2D eigenvalue weighted by Gasteiger charge is -2.18. The molecule has 0 spiro atoms. The van der Waals surface area contributed by atoms with E-state index in [9.17, 15) is 14.4 Å². The van der Waals surface area contributed by atoms with Gasteiger partial charge in [-0.25, -0.2) is 0 Å². The fourth-order valence-corrected chi connectivity index (χ4v) is 8.73. The summed E-state index contributed by atoms with van der Waals surface area (Å²) in [6.45, 7) is 6.35. The Bertz CT molecular complexity index is 1750. The maximum absolute atomic E-state index is 12.9. The van der Waals surface area contributed by atoms with Gasteiger partial charge < -0.3 is 14.2 Å². The molecule has 0 aromatic heterocycles. The zero-order valence-corrected chi connectivity index (χ0v) is 51.8. The van der Waals surface area contributed by atoms with Crippen LogP contribution in [0.15, 0.2) is 146 Å². The molecule has 452 valence electrons. The average Bonchev–Trinajstić information content (AvgIpc) is 3.46. The summed E-state index contributed by atoms with van der Waals surface area (Å²) in [6.07, 6.45) is 95.8. The lowest BCUT2D eigenvalue weighted by atomic mass is 10.0. The molecule has 0 heterocycles. The van der Waals surface area contributed by atoms with Crippen molar-refractivity contribution in [2.75, 3.05) is 13.2 Å². The lowest BCUT2D eigenvalue weighted by molar-refractivity contribution is -0.166. The van der Waals surface area contributed by atoms with E-state index in [0.29, 0.717) is 19.3 Å². The van der Waals surface area contributed by atoms with E-state index in [1.807, 2.05) is 6.08 Å². The molecule has 0 fully saturated rings. The van der Waals surface area contributed by atoms with Crippen LogP contribution in [0.5, 0.6) is 0 Å². The highest BCUT2D eigenvalue weighted by molar-refractivity contribution is 5.71. The van der Waals surface area contributed by atoms with Gasteiger partial charge in [0.1, 0.15) is 13.2 Å². The third-order valence-electron chi connectivity index (χ3n) is 13.6. The van der Waals surface area contributed by atoms with E-state index in [-0.39, 0.29) is 31.6 Å². The number of hydrogen-bond acceptors (Lipinski definition) is 6. The van der Waals surface area contributed by atoms with Crippen LogP contribution in [0.4, 0.5) is 0 Å². The Morgan fingerprint density at radius 3 is 0.825 bits per heavy atom. The Morgan fingerprint density at radius 1 is 0.263 bits per heavy atom. The van der Waals surface area contributed by atoms with E-state index in [1.54, 1.807) is 0 Å². The van der Waals surface area contributed by atoms with Gasteiger partial charge in [0.2, 0.25) is 0 Å². The first kappa shape index (κ1) is 75.3. The summed E-state index contributed by atoms with van der Waals surface area (Å²) in [5.41, 5.74) is 0. The summed E-state index contributed by atoms with van der Waals surface area (Å²) in [5.74, 6) is -1.01. The van der Waals surface area contributed by atoms with Gasteiger partial charge in [-0.05, 0) is 128 Å². The molecule has 6 nitrogen and oxygen atoms in total. The fourth-order valence-electron chi connectivity index (χ4n) is 8.73. The third-order valence-corrected chi connectivity index (χ3v) is 13.6. The summed E-state index contributed by atoms with van der Waals surface area (Å²) >= 11 is 0. The van der Waals surface area contributed by atoms with Crippen LogP contribution in [-0.4, -0.2) is 37.2 Å². The fraction of sp³-hybridized carbons (Fsp3) is 0.635. The van der Waals surface area contributed by atoms with Gasteiger partial charge in [-0.3, -0.25) is 14.4 Å². The maximum atomic E-state index is 12.9. The van der Waals surface area contributed by atoms with Crippen LogP contribution in [0.25, 0.3) is 0 Å². The van der Waals surface area contributed by atoms with Crippen molar-refractivity contribution >= 4 is 17.9 Å². The Balaban J connectivity index is 4.45. The highest BCUT2D eigenvalue weighted by Gasteiger charge is 2.19. The van der Waals surface area contributed by atoms with E-state index < -0.39 is 12.1 Å². The van der Waals surface area contributed by atoms with Gasteiger partial charge >= 0.3 is 17.9 Å². The molecule has 0 radical (unpaired) electrons. The SMILES string of the molecule is CC/C=C\C/C=C\C/C=C\C/C=C\C/C=C\C/C=C\CCC(=O)OC(COC(=O)CCCCCCC/C=C\CCCCCCCCC)COC(=O)CCCCCCCCCCCCC/C=C\C/C=C\C/C=C\C/C=C\C/C=C\CC. The van der Waals surface area contributed by atoms with Crippen molar-refractivity contribution in [1.29, 1.82) is 0 Å². The summed E-state index contributed by atoms with van der Waals surface area (Å²) in [6, 6.07) is 0. The largest absolute Gasteiger partial charge is 0.462 e. The van der Waals surface area contributed by atoms with E-state index >= 15 is 0 Å². The third kappa shape index (κ3) is 64.1. The Labute approximate surface area is 493 Å². The molecule has 80 heavy (non-hydrogen) atoms. The molecular formula is C74H120O6. The minimum atomic E-state index is -0.830. The predicted octanol–water partition coefficient (Wildman–Crippen LogP) is 22.7. The van der Waals surface area contributed by atoms with Crippen LogP contribution in [-0.2, 0) is 28.6 Å². The minimum Gasteiger partial charge on any atom is -0.462 e. The molecule has 1 unspecified atom stereocenters. The quantitative estimate of drug-likeness (QED) is 0.0261. The number of carbonyl (C=O) groups is 3. The Kier molecular flexibility index (Phi) is 62.9. The van der Waals surface area contributed by atoms with Crippen LogP contribution in [0.3, 0.4) is 0 Å². The van der Waals surface area contributed by atoms with Crippen LogP contribution >= 0.6 is 0 Å². The second-order valence-electron chi connectivity index (χ2n) is 21.3. The number of rotatable bonds is 58. The first-order valence-corrected chi connectivity index (χ1v) is 32.8. The minimum absolute atomic E-state index is 0.116. The number of esters is 3. The van der Waals surface area contributed by atoms with Crippen molar-refractivity contribution in [3.63, 3.8) is 0 Å². The first-order chi connectivity index (χ1) is 39.5. The lowest BCUT2D eigenvalue weighted by Crippen LogP contribution is -2.30. The summed E-state index contributed by atoms with van der Waals surface area (Å²) in [7, 11) is 0. The number of unbranched alkanes of at least 4 members (excludes halogenated alkanes) is 23. The molecule has 0 saturated carbocycles. The molecule has 0 bridgehead atoms. The first-order valence-electron chi connectivity index (χ1n) is 32.8. The van der Waals surface area contributed by atoms with Gasteiger partial charge in [-0.2, -0.15) is 0 Å². The van der Waals surface area contributed by atoms with Crippen molar-refractivity contribution in [3.8, 4) is 0 Å². The molecule has 0 rings (SSSR count). The molecule has 0 aliphatic rings. The smallest absolute Gasteiger partial charge is 0.306 e. The molecule has 0 aromatic rings. The zero-order chi connectivity index (χ0) is 57.8. The molecule has 1 atom stereocenters. The van der Waals surface area contributed by atoms with Crippen molar-refractivity contribution < 1.29 is 28.6 Å². The van der Waals surface area contributed by atoms with Crippen molar-refractivity contribution in [2.45, 2.75) is 290 Å². The van der Waals surface area contributed by atoms with E-state index in [1.165, 1.54) is 116 Å². The van der Waals surface area contributed by atoms with Crippen molar-refractivity contribution in [2.24, 2.45) is 0 Å². The van der Waals surface area contributed by atoms with E-state index in [4.69, 9.17) is 14.2 Å². The average molecular weight is 1110 g/mol. The molecule has 0 aromatic carbocycles. The highest BCUT2D eigenvalue weighted by atomic mass is 16.6. The Morgan fingerprint density at radius 2 is 0.512 bits per heavy atom. The number of hydrogen-bond donors (Lipinski definition) is 0. The molecule has 0 aliphatic carbocycles. The van der Waals surface area contributed by atoms with Gasteiger partial charge in [-0.1, -0.05) is 282 Å². The molecule has 0 saturated heterocycles. The van der Waals surface area contributed by atoms with Gasteiger partial charge in [-0.15, -0.1) is 0 Å². The molecule has 6 heteroatoms. The Hall–Kier alpha value is -4.71.